The molecule has 6 heteroatoms. The zero-order valence-corrected chi connectivity index (χ0v) is 16.0. The Labute approximate surface area is 159 Å². The summed E-state index contributed by atoms with van der Waals surface area (Å²) in [6.07, 6.45) is 3.77. The van der Waals surface area contributed by atoms with E-state index >= 15 is 0 Å². The van der Waals surface area contributed by atoms with Crippen LogP contribution in [0, 0.1) is 5.92 Å². The Balaban J connectivity index is 1.63. The van der Waals surface area contributed by atoms with Crippen LogP contribution >= 0.6 is 0 Å². The molecule has 6 nitrogen and oxygen atoms in total. The zero-order chi connectivity index (χ0) is 19.2. The van der Waals surface area contributed by atoms with Crippen molar-refractivity contribution in [1.82, 2.24) is 14.9 Å². The molecule has 142 valence electrons. The summed E-state index contributed by atoms with van der Waals surface area (Å²) >= 11 is 0. The van der Waals surface area contributed by atoms with Gasteiger partial charge in [0.1, 0.15) is 0 Å². The van der Waals surface area contributed by atoms with Crippen LogP contribution in [0.1, 0.15) is 26.3 Å². The number of nitrogens with zero attached hydrogens (tertiary/aromatic N) is 2. The number of carbonyl (C=O) groups is 1. The third-order valence-corrected chi connectivity index (χ3v) is 4.16. The number of nitrogens with one attached hydrogen (secondary N) is 2. The van der Waals surface area contributed by atoms with Gasteiger partial charge in [-0.1, -0.05) is 19.9 Å². The monoisotopic (exact) mass is 366 g/mol. The van der Waals surface area contributed by atoms with E-state index in [0.29, 0.717) is 24.9 Å². The highest BCUT2D eigenvalue weighted by atomic mass is 16.5. The van der Waals surface area contributed by atoms with Crippen molar-refractivity contribution < 1.29 is 9.53 Å². The van der Waals surface area contributed by atoms with E-state index in [9.17, 15) is 4.79 Å². The number of anilines is 1. The third-order valence-electron chi connectivity index (χ3n) is 4.16. The van der Waals surface area contributed by atoms with Crippen LogP contribution in [0.3, 0.4) is 0 Å². The Morgan fingerprint density at radius 2 is 2.11 bits per heavy atom. The van der Waals surface area contributed by atoms with Gasteiger partial charge in [0.15, 0.2) is 0 Å². The molecule has 3 rings (SSSR count). The minimum Gasteiger partial charge on any atom is -0.478 e. The zero-order valence-electron chi connectivity index (χ0n) is 16.0. The highest BCUT2D eigenvalue weighted by molar-refractivity contribution is 5.92. The molecule has 0 fully saturated rings. The number of carbonyl (C=O) groups excluding carboxylic acids is 1. The van der Waals surface area contributed by atoms with Gasteiger partial charge in [-0.05, 0) is 43.2 Å². The van der Waals surface area contributed by atoms with Crippen LogP contribution in [0.2, 0.25) is 0 Å². The number of hydrogen-bond acceptors (Lipinski definition) is 3. The highest BCUT2D eigenvalue weighted by Gasteiger charge is 2.08. The van der Waals surface area contributed by atoms with Gasteiger partial charge in [-0.3, -0.25) is 0 Å². The van der Waals surface area contributed by atoms with Crippen molar-refractivity contribution in [2.24, 2.45) is 5.92 Å². The molecule has 0 atom stereocenters. The van der Waals surface area contributed by atoms with E-state index in [1.807, 2.05) is 37.3 Å². The van der Waals surface area contributed by atoms with Crippen LogP contribution in [-0.4, -0.2) is 22.2 Å². The Morgan fingerprint density at radius 1 is 1.26 bits per heavy atom. The van der Waals surface area contributed by atoms with Crippen molar-refractivity contribution in [3.63, 3.8) is 0 Å². The molecule has 0 bridgehead atoms. The van der Waals surface area contributed by atoms with E-state index in [-0.39, 0.29) is 6.03 Å². The largest absolute Gasteiger partial charge is 0.478 e. The number of rotatable bonds is 7. The van der Waals surface area contributed by atoms with E-state index in [2.05, 4.69) is 46.3 Å². The first kappa shape index (κ1) is 18.8. The van der Waals surface area contributed by atoms with Gasteiger partial charge in [0.25, 0.3) is 0 Å². The van der Waals surface area contributed by atoms with Crippen molar-refractivity contribution in [2.45, 2.75) is 33.9 Å². The molecule has 2 N–H and O–H groups in total. The maximum Gasteiger partial charge on any atom is 0.319 e. The smallest absolute Gasteiger partial charge is 0.319 e. The van der Waals surface area contributed by atoms with Gasteiger partial charge in [-0.25, -0.2) is 9.78 Å². The average Bonchev–Trinajstić information content (AvgIpc) is 3.03. The number of benzene rings is 1. The average molecular weight is 366 g/mol. The molecule has 0 saturated heterocycles. The Bertz CT molecular complexity index is 917. The lowest BCUT2D eigenvalue weighted by molar-refractivity contribution is 0.251. The molecule has 27 heavy (non-hydrogen) atoms. The van der Waals surface area contributed by atoms with Crippen molar-refractivity contribution in [2.75, 3.05) is 11.9 Å². The minimum atomic E-state index is -0.262. The molecule has 0 radical (unpaired) electrons. The number of pyridine rings is 1. The van der Waals surface area contributed by atoms with Crippen molar-refractivity contribution in [3.05, 3.63) is 54.4 Å². The summed E-state index contributed by atoms with van der Waals surface area (Å²) in [6, 6.07) is 11.5. The fourth-order valence-electron chi connectivity index (χ4n) is 3.01. The molecule has 3 aromatic rings. The minimum absolute atomic E-state index is 0.262. The van der Waals surface area contributed by atoms with E-state index < -0.39 is 0 Å². The highest BCUT2D eigenvalue weighted by Crippen LogP contribution is 2.21. The van der Waals surface area contributed by atoms with Crippen molar-refractivity contribution >= 4 is 22.6 Å². The van der Waals surface area contributed by atoms with Gasteiger partial charge in [0.05, 0.1) is 6.61 Å². The maximum atomic E-state index is 12.3. The van der Waals surface area contributed by atoms with Crippen LogP contribution < -0.4 is 15.4 Å². The Morgan fingerprint density at radius 3 is 2.89 bits per heavy atom. The third kappa shape index (κ3) is 4.78. The predicted octanol–water partition coefficient (Wildman–Crippen LogP) is 4.41. The summed E-state index contributed by atoms with van der Waals surface area (Å²) < 4.78 is 7.72. The van der Waals surface area contributed by atoms with E-state index in [4.69, 9.17) is 4.74 Å². The van der Waals surface area contributed by atoms with Gasteiger partial charge in [0, 0.05) is 47.6 Å². The Hall–Kier alpha value is -3.02. The van der Waals surface area contributed by atoms with E-state index in [1.165, 1.54) is 5.52 Å². The van der Waals surface area contributed by atoms with Gasteiger partial charge in [-0.2, -0.15) is 0 Å². The summed E-state index contributed by atoms with van der Waals surface area (Å²) in [4.78, 5) is 16.4. The number of aromatic nitrogens is 2. The Kier molecular flexibility index (Phi) is 5.96. The first-order chi connectivity index (χ1) is 13.1. The molecule has 0 aliphatic rings. The summed E-state index contributed by atoms with van der Waals surface area (Å²) in [5.41, 5.74) is 2.78. The molecule has 0 saturated carbocycles. The molecule has 2 heterocycles. The van der Waals surface area contributed by atoms with Crippen LogP contribution in [0.5, 0.6) is 5.88 Å². The SMILES string of the molecule is CCOc1ncccc1CNC(=O)Nc1ccc2c(ccn2CC(C)C)c1. The number of fused-ring (bicyclic) bond motifs is 1. The van der Waals surface area contributed by atoms with Crippen molar-refractivity contribution in [3.8, 4) is 5.88 Å². The van der Waals surface area contributed by atoms with Gasteiger partial charge >= 0.3 is 6.03 Å². The molecule has 0 spiro atoms. The molecule has 0 aliphatic carbocycles. The number of urea groups is 1. The lowest BCUT2D eigenvalue weighted by Crippen LogP contribution is -2.28. The standard InChI is InChI=1S/C21H26N4O2/c1-4-27-20-17(6-5-10-22-20)13-23-21(26)24-18-7-8-19-16(12-18)9-11-25(19)14-15(2)3/h5-12,15H,4,13-14H2,1-3H3,(H2,23,24,26). The van der Waals surface area contributed by atoms with E-state index in [1.54, 1.807) is 6.20 Å². The molecular weight excluding hydrogens is 340 g/mol. The first-order valence-electron chi connectivity index (χ1n) is 9.27. The predicted molar refractivity (Wildman–Crippen MR) is 108 cm³/mol. The quantitative estimate of drug-likeness (QED) is 0.651. The van der Waals surface area contributed by atoms with Gasteiger partial charge in [0.2, 0.25) is 5.88 Å². The lowest BCUT2D eigenvalue weighted by Gasteiger charge is -2.11. The molecular formula is C21H26N4O2. The second-order valence-corrected chi connectivity index (χ2v) is 6.84. The second kappa shape index (κ2) is 8.58. The number of ether oxygens (including phenoxy) is 1. The number of amides is 2. The first-order valence-corrected chi connectivity index (χ1v) is 9.27. The maximum absolute atomic E-state index is 12.3. The van der Waals surface area contributed by atoms with Crippen LogP contribution in [-0.2, 0) is 13.1 Å². The van der Waals surface area contributed by atoms with Crippen LogP contribution in [0.25, 0.3) is 10.9 Å². The topological polar surface area (TPSA) is 68.2 Å². The molecule has 0 aliphatic heterocycles. The summed E-state index contributed by atoms with van der Waals surface area (Å²) in [5.74, 6) is 1.13. The summed E-state index contributed by atoms with van der Waals surface area (Å²) in [7, 11) is 0. The normalized spacial score (nSPS) is 11.0. The second-order valence-electron chi connectivity index (χ2n) is 6.84. The lowest BCUT2D eigenvalue weighted by atomic mass is 10.2. The summed E-state index contributed by atoms with van der Waals surface area (Å²) in [6.45, 7) is 8.17. The molecule has 1 aromatic carbocycles. The molecule has 2 aromatic heterocycles. The number of hydrogen-bond donors (Lipinski definition) is 2. The molecule has 2 amide bonds. The fourth-order valence-corrected chi connectivity index (χ4v) is 3.01. The van der Waals surface area contributed by atoms with E-state index in [0.717, 1.165) is 23.2 Å². The van der Waals surface area contributed by atoms with Gasteiger partial charge < -0.3 is 19.9 Å². The van der Waals surface area contributed by atoms with Crippen LogP contribution in [0.4, 0.5) is 10.5 Å². The van der Waals surface area contributed by atoms with Gasteiger partial charge in [-0.15, -0.1) is 0 Å². The fraction of sp³-hybridized carbons (Fsp3) is 0.333. The molecule has 0 unspecified atom stereocenters. The van der Waals surface area contributed by atoms with Crippen LogP contribution in [0.15, 0.2) is 48.8 Å². The summed E-state index contributed by atoms with van der Waals surface area (Å²) in [5, 5.41) is 6.85. The van der Waals surface area contributed by atoms with Crippen molar-refractivity contribution in [1.29, 1.82) is 0 Å².